The lowest BCUT2D eigenvalue weighted by Crippen LogP contribution is -2.19. The van der Waals surface area contributed by atoms with Crippen molar-refractivity contribution in [2.45, 2.75) is 18.7 Å². The second-order valence-electron chi connectivity index (χ2n) is 6.00. The molecular weight excluding hydrogens is 385 g/mol. The molecule has 0 aliphatic rings. The first-order valence-corrected chi connectivity index (χ1v) is 9.57. The molecule has 4 nitrogen and oxygen atoms in total. The number of carbonyl (C=O) groups excluding carboxylic acids is 1. The summed E-state index contributed by atoms with van der Waals surface area (Å²) in [4.78, 5) is 17.6. The van der Waals surface area contributed by atoms with Crippen LogP contribution in [-0.4, -0.2) is 22.9 Å². The molecule has 1 heterocycles. The zero-order valence-corrected chi connectivity index (χ0v) is 16.4. The molecule has 1 N–H and O–H groups in total. The maximum atomic E-state index is 13.7. The zero-order valence-electron chi connectivity index (χ0n) is 14.8. The number of pyridine rings is 1. The van der Waals surface area contributed by atoms with E-state index < -0.39 is 5.82 Å². The highest BCUT2D eigenvalue weighted by molar-refractivity contribution is 8.00. The van der Waals surface area contributed by atoms with Crippen LogP contribution < -0.4 is 5.43 Å². The third-order valence-electron chi connectivity index (χ3n) is 3.80. The summed E-state index contributed by atoms with van der Waals surface area (Å²) in [5.41, 5.74) is 5.46. The molecule has 0 bridgehead atoms. The number of benzene rings is 2. The number of nitrogens with zero attached hydrogens (tertiary/aromatic N) is 2. The number of carbonyl (C=O) groups is 1. The van der Waals surface area contributed by atoms with E-state index in [-0.39, 0.29) is 22.2 Å². The van der Waals surface area contributed by atoms with Crippen molar-refractivity contribution < 1.29 is 9.18 Å². The topological polar surface area (TPSA) is 54.4 Å². The highest BCUT2D eigenvalue weighted by atomic mass is 35.5. The smallest absolute Gasteiger partial charge is 0.250 e. The van der Waals surface area contributed by atoms with E-state index in [0.717, 1.165) is 27.1 Å². The van der Waals surface area contributed by atoms with E-state index in [4.69, 9.17) is 11.6 Å². The van der Waals surface area contributed by atoms with E-state index in [1.165, 1.54) is 30.1 Å². The number of hydrazone groups is 1. The molecule has 3 aromatic rings. The number of nitrogens with one attached hydrogen (secondary N) is 1. The molecule has 0 saturated heterocycles. The number of aromatic nitrogens is 1. The summed E-state index contributed by atoms with van der Waals surface area (Å²) in [6, 6.07) is 12.4. The van der Waals surface area contributed by atoms with Crippen molar-refractivity contribution in [3.05, 3.63) is 70.1 Å². The Balaban J connectivity index is 1.67. The van der Waals surface area contributed by atoms with Crippen LogP contribution in [0.4, 0.5) is 4.39 Å². The average molecular weight is 402 g/mol. The van der Waals surface area contributed by atoms with Gasteiger partial charge in [0.05, 0.1) is 22.5 Å². The molecule has 1 aromatic heterocycles. The fourth-order valence-electron chi connectivity index (χ4n) is 2.53. The Morgan fingerprint density at radius 2 is 2.11 bits per heavy atom. The van der Waals surface area contributed by atoms with Gasteiger partial charge in [0, 0.05) is 21.5 Å². The summed E-state index contributed by atoms with van der Waals surface area (Å²) in [5, 5.41) is 5.04. The number of aryl methyl sites for hydroxylation is 2. The minimum Gasteiger partial charge on any atom is -0.272 e. The minimum absolute atomic E-state index is 0.137. The molecule has 0 unspecified atom stereocenters. The van der Waals surface area contributed by atoms with Crippen LogP contribution in [-0.2, 0) is 4.79 Å². The number of hydrogen-bond acceptors (Lipinski definition) is 4. The van der Waals surface area contributed by atoms with Crippen molar-refractivity contribution in [3.8, 4) is 0 Å². The van der Waals surface area contributed by atoms with E-state index in [1.54, 1.807) is 6.07 Å². The molecule has 0 aliphatic heterocycles. The van der Waals surface area contributed by atoms with E-state index in [0.29, 0.717) is 0 Å². The monoisotopic (exact) mass is 401 g/mol. The van der Waals surface area contributed by atoms with Gasteiger partial charge in [0.1, 0.15) is 5.82 Å². The molecular formula is C20H17ClFN3OS. The molecule has 7 heteroatoms. The molecule has 2 aromatic carbocycles. The first kappa shape index (κ1) is 19.3. The molecule has 0 spiro atoms. The second kappa shape index (κ2) is 8.50. The van der Waals surface area contributed by atoms with Gasteiger partial charge in [-0.3, -0.25) is 9.78 Å². The molecule has 3 rings (SSSR count). The maximum absolute atomic E-state index is 13.7. The van der Waals surface area contributed by atoms with Crippen LogP contribution in [0.1, 0.15) is 16.8 Å². The molecule has 0 radical (unpaired) electrons. The van der Waals surface area contributed by atoms with E-state index in [2.05, 4.69) is 21.6 Å². The average Bonchev–Trinajstić information content (AvgIpc) is 2.62. The predicted molar refractivity (Wildman–Crippen MR) is 109 cm³/mol. The lowest BCUT2D eigenvalue weighted by atomic mass is 10.1. The predicted octanol–water partition coefficient (Wildman–Crippen LogP) is 4.89. The van der Waals surface area contributed by atoms with E-state index in [1.807, 2.05) is 32.0 Å². The summed E-state index contributed by atoms with van der Waals surface area (Å²) in [5.74, 6) is -0.613. The summed E-state index contributed by atoms with van der Waals surface area (Å²) in [6.45, 7) is 3.94. The summed E-state index contributed by atoms with van der Waals surface area (Å²) in [6.07, 6.45) is 1.20. The second-order valence-corrected chi connectivity index (χ2v) is 7.42. The lowest BCUT2D eigenvalue weighted by Gasteiger charge is -2.08. The molecule has 138 valence electrons. The van der Waals surface area contributed by atoms with Gasteiger partial charge in [-0.25, -0.2) is 9.82 Å². The first-order chi connectivity index (χ1) is 12.9. The van der Waals surface area contributed by atoms with Gasteiger partial charge in [-0.15, -0.1) is 11.8 Å². The number of fused-ring (bicyclic) bond motifs is 1. The fourth-order valence-corrected chi connectivity index (χ4v) is 3.67. The number of hydrogen-bond donors (Lipinski definition) is 1. The lowest BCUT2D eigenvalue weighted by molar-refractivity contribution is -0.118. The highest BCUT2D eigenvalue weighted by Crippen LogP contribution is 2.28. The third kappa shape index (κ3) is 4.84. The van der Waals surface area contributed by atoms with Gasteiger partial charge in [0.25, 0.3) is 0 Å². The van der Waals surface area contributed by atoms with Gasteiger partial charge in [0.2, 0.25) is 5.91 Å². The number of thioether (sulfide) groups is 1. The Kier molecular flexibility index (Phi) is 6.08. The highest BCUT2D eigenvalue weighted by Gasteiger charge is 2.08. The Hall–Kier alpha value is -2.44. The molecule has 0 fully saturated rings. The number of rotatable bonds is 5. The van der Waals surface area contributed by atoms with Crippen LogP contribution in [0.5, 0.6) is 0 Å². The normalized spacial score (nSPS) is 11.3. The molecule has 0 saturated carbocycles. The van der Waals surface area contributed by atoms with Crippen molar-refractivity contribution in [2.75, 3.05) is 5.75 Å². The summed E-state index contributed by atoms with van der Waals surface area (Å²) < 4.78 is 13.7. The largest absolute Gasteiger partial charge is 0.272 e. The zero-order chi connectivity index (χ0) is 19.4. The molecule has 0 atom stereocenters. The SMILES string of the molecule is Cc1ccc2nc(C)cc(SCC(=O)N/N=C/c3c(F)cccc3Cl)c2c1. The van der Waals surface area contributed by atoms with Gasteiger partial charge in [0.15, 0.2) is 0 Å². The molecule has 0 aliphatic carbocycles. The Bertz CT molecular complexity index is 1020. The maximum Gasteiger partial charge on any atom is 0.250 e. The Labute approximate surface area is 165 Å². The number of amides is 1. The summed E-state index contributed by atoms with van der Waals surface area (Å²) >= 11 is 7.32. The van der Waals surface area contributed by atoms with Crippen molar-refractivity contribution in [2.24, 2.45) is 5.10 Å². The van der Waals surface area contributed by atoms with Gasteiger partial charge in [-0.05, 0) is 44.2 Å². The van der Waals surface area contributed by atoms with Crippen molar-refractivity contribution in [3.63, 3.8) is 0 Å². The van der Waals surface area contributed by atoms with E-state index >= 15 is 0 Å². The van der Waals surface area contributed by atoms with Crippen LogP contribution in [0.15, 0.2) is 52.5 Å². The quantitative estimate of drug-likeness (QED) is 0.376. The van der Waals surface area contributed by atoms with Crippen LogP contribution in [0.3, 0.4) is 0 Å². The first-order valence-electron chi connectivity index (χ1n) is 8.21. The molecule has 27 heavy (non-hydrogen) atoms. The van der Waals surface area contributed by atoms with Crippen LogP contribution in [0, 0.1) is 19.7 Å². The van der Waals surface area contributed by atoms with Crippen LogP contribution >= 0.6 is 23.4 Å². The van der Waals surface area contributed by atoms with Crippen molar-refractivity contribution >= 4 is 46.4 Å². The minimum atomic E-state index is -0.496. The summed E-state index contributed by atoms with van der Waals surface area (Å²) in [7, 11) is 0. The van der Waals surface area contributed by atoms with Gasteiger partial charge < -0.3 is 0 Å². The Morgan fingerprint density at radius 1 is 1.30 bits per heavy atom. The van der Waals surface area contributed by atoms with Crippen LogP contribution in [0.2, 0.25) is 5.02 Å². The molecule has 1 amide bonds. The van der Waals surface area contributed by atoms with Gasteiger partial charge in [-0.1, -0.05) is 29.3 Å². The van der Waals surface area contributed by atoms with Crippen LogP contribution in [0.25, 0.3) is 10.9 Å². The van der Waals surface area contributed by atoms with Crippen molar-refractivity contribution in [1.29, 1.82) is 0 Å². The van der Waals surface area contributed by atoms with E-state index in [9.17, 15) is 9.18 Å². The standard InChI is InChI=1S/C20H17ClFN3OS/c1-12-6-7-18-14(8-12)19(9-13(2)24-18)27-11-20(26)25-23-10-15-16(21)4-3-5-17(15)22/h3-10H,11H2,1-2H3,(H,25,26)/b23-10+. The Morgan fingerprint density at radius 3 is 2.89 bits per heavy atom. The number of halogens is 2. The van der Waals surface area contributed by atoms with Crippen molar-refractivity contribution in [1.82, 2.24) is 10.4 Å². The van der Waals surface area contributed by atoms with Gasteiger partial charge in [-0.2, -0.15) is 5.10 Å². The fraction of sp³-hybridized carbons (Fsp3) is 0.150. The third-order valence-corrected chi connectivity index (χ3v) is 5.18. The van der Waals surface area contributed by atoms with Gasteiger partial charge >= 0.3 is 0 Å².